The van der Waals surface area contributed by atoms with Crippen LogP contribution in [0, 0.1) is 17.8 Å². The van der Waals surface area contributed by atoms with Gasteiger partial charge >= 0.3 is 5.97 Å². The molecule has 14 heavy (non-hydrogen) atoms. The SMILES string of the molecule is C=C(C)C1CCC(C)C=CC1C(=O)O. The van der Waals surface area contributed by atoms with Crippen molar-refractivity contribution >= 4 is 5.97 Å². The highest BCUT2D eigenvalue weighted by atomic mass is 16.4. The van der Waals surface area contributed by atoms with E-state index in [1.54, 1.807) is 0 Å². The minimum absolute atomic E-state index is 0.105. The standard InChI is InChI=1S/C12H18O2/c1-8(2)10-6-4-9(3)5-7-11(10)12(13)14/h5,7,9-11H,1,4,6H2,2-3H3,(H,13,14). The van der Waals surface area contributed by atoms with Crippen molar-refractivity contribution in [2.24, 2.45) is 17.8 Å². The topological polar surface area (TPSA) is 37.3 Å². The molecule has 2 heteroatoms. The van der Waals surface area contributed by atoms with Crippen molar-refractivity contribution in [1.82, 2.24) is 0 Å². The predicted molar refractivity (Wildman–Crippen MR) is 57.0 cm³/mol. The first-order valence-electron chi connectivity index (χ1n) is 5.09. The molecule has 0 saturated heterocycles. The summed E-state index contributed by atoms with van der Waals surface area (Å²) in [5.74, 6) is -0.518. The van der Waals surface area contributed by atoms with E-state index in [0.29, 0.717) is 5.92 Å². The second kappa shape index (κ2) is 4.45. The number of hydrogen-bond donors (Lipinski definition) is 1. The highest BCUT2D eigenvalue weighted by Crippen LogP contribution is 2.31. The van der Waals surface area contributed by atoms with Crippen molar-refractivity contribution in [1.29, 1.82) is 0 Å². The first-order chi connectivity index (χ1) is 6.52. The summed E-state index contributed by atoms with van der Waals surface area (Å²) >= 11 is 0. The lowest BCUT2D eigenvalue weighted by molar-refractivity contribution is -0.141. The van der Waals surface area contributed by atoms with Gasteiger partial charge < -0.3 is 5.11 Å². The van der Waals surface area contributed by atoms with E-state index in [1.165, 1.54) is 0 Å². The van der Waals surface area contributed by atoms with Gasteiger partial charge in [-0.1, -0.05) is 31.2 Å². The fraction of sp³-hybridized carbons (Fsp3) is 0.583. The van der Waals surface area contributed by atoms with Crippen LogP contribution in [0.3, 0.4) is 0 Å². The molecule has 2 nitrogen and oxygen atoms in total. The Hall–Kier alpha value is -1.05. The van der Waals surface area contributed by atoms with Crippen LogP contribution < -0.4 is 0 Å². The molecule has 0 spiro atoms. The van der Waals surface area contributed by atoms with Crippen molar-refractivity contribution in [2.75, 3.05) is 0 Å². The van der Waals surface area contributed by atoms with Crippen molar-refractivity contribution in [3.05, 3.63) is 24.3 Å². The molecule has 0 heterocycles. The van der Waals surface area contributed by atoms with Crippen molar-refractivity contribution in [2.45, 2.75) is 26.7 Å². The zero-order chi connectivity index (χ0) is 10.7. The zero-order valence-electron chi connectivity index (χ0n) is 8.86. The molecule has 1 aliphatic rings. The molecule has 1 N–H and O–H groups in total. The van der Waals surface area contributed by atoms with Gasteiger partial charge in [0.15, 0.2) is 0 Å². The third kappa shape index (κ3) is 2.47. The van der Waals surface area contributed by atoms with Crippen LogP contribution in [0.4, 0.5) is 0 Å². The molecule has 0 fully saturated rings. The monoisotopic (exact) mass is 194 g/mol. The molecule has 3 unspecified atom stereocenters. The molecule has 1 aliphatic carbocycles. The summed E-state index contributed by atoms with van der Waals surface area (Å²) in [6, 6.07) is 0. The smallest absolute Gasteiger partial charge is 0.310 e. The van der Waals surface area contributed by atoms with Gasteiger partial charge in [0.1, 0.15) is 0 Å². The summed E-state index contributed by atoms with van der Waals surface area (Å²) in [6.07, 6.45) is 5.83. The summed E-state index contributed by atoms with van der Waals surface area (Å²) in [4.78, 5) is 11.0. The summed E-state index contributed by atoms with van der Waals surface area (Å²) in [5, 5.41) is 9.08. The first kappa shape index (κ1) is 11.0. The van der Waals surface area contributed by atoms with Gasteiger partial charge in [0.2, 0.25) is 0 Å². The van der Waals surface area contributed by atoms with Crippen molar-refractivity contribution < 1.29 is 9.90 Å². The molecule has 0 aromatic rings. The average Bonchev–Trinajstić information content (AvgIpc) is 2.26. The van der Waals surface area contributed by atoms with Gasteiger partial charge in [-0.25, -0.2) is 0 Å². The lowest BCUT2D eigenvalue weighted by Gasteiger charge is -2.20. The van der Waals surface area contributed by atoms with Gasteiger partial charge in [0.25, 0.3) is 0 Å². The maximum Gasteiger partial charge on any atom is 0.310 e. The van der Waals surface area contributed by atoms with Crippen molar-refractivity contribution in [3.8, 4) is 0 Å². The second-order valence-electron chi connectivity index (χ2n) is 4.26. The van der Waals surface area contributed by atoms with E-state index in [0.717, 1.165) is 18.4 Å². The largest absolute Gasteiger partial charge is 0.481 e. The summed E-state index contributed by atoms with van der Waals surface area (Å²) in [6.45, 7) is 7.92. The number of hydrogen-bond acceptors (Lipinski definition) is 1. The number of carbonyl (C=O) groups is 1. The molecule has 0 saturated carbocycles. The quantitative estimate of drug-likeness (QED) is 0.686. The van der Waals surface area contributed by atoms with E-state index >= 15 is 0 Å². The normalized spacial score (nSPS) is 32.3. The van der Waals surface area contributed by atoms with Gasteiger partial charge in [-0.2, -0.15) is 0 Å². The van der Waals surface area contributed by atoms with Crippen molar-refractivity contribution in [3.63, 3.8) is 0 Å². The summed E-state index contributed by atoms with van der Waals surface area (Å²) < 4.78 is 0. The highest BCUT2D eigenvalue weighted by Gasteiger charge is 2.28. The Morgan fingerprint density at radius 1 is 1.43 bits per heavy atom. The molecular weight excluding hydrogens is 176 g/mol. The molecule has 0 bridgehead atoms. The lowest BCUT2D eigenvalue weighted by Crippen LogP contribution is -2.21. The van der Waals surface area contributed by atoms with E-state index in [2.05, 4.69) is 13.5 Å². The second-order valence-corrected chi connectivity index (χ2v) is 4.26. The van der Waals surface area contributed by atoms with E-state index < -0.39 is 5.97 Å². The maximum atomic E-state index is 11.0. The van der Waals surface area contributed by atoms with E-state index in [1.807, 2.05) is 19.1 Å². The molecule has 0 aromatic carbocycles. The number of aliphatic carboxylic acids is 1. The zero-order valence-corrected chi connectivity index (χ0v) is 8.86. The molecule has 1 rings (SSSR count). The van der Waals surface area contributed by atoms with Crippen LogP contribution in [-0.2, 0) is 4.79 Å². The molecule has 0 radical (unpaired) electrons. The molecule has 3 atom stereocenters. The number of carboxylic acids is 1. The number of allylic oxidation sites excluding steroid dienone is 2. The number of carboxylic acid groups (broad SMARTS) is 1. The average molecular weight is 194 g/mol. The number of rotatable bonds is 2. The molecule has 78 valence electrons. The fourth-order valence-electron chi connectivity index (χ4n) is 1.97. The van der Waals surface area contributed by atoms with Gasteiger partial charge in [0.05, 0.1) is 5.92 Å². The Bertz CT molecular complexity index is 265. The Kier molecular flexibility index (Phi) is 3.50. The predicted octanol–water partition coefficient (Wildman–Crippen LogP) is 2.87. The minimum Gasteiger partial charge on any atom is -0.481 e. The minimum atomic E-state index is -0.733. The molecule has 0 aliphatic heterocycles. The molecular formula is C12H18O2. The van der Waals surface area contributed by atoms with E-state index in [9.17, 15) is 4.79 Å². The Morgan fingerprint density at radius 3 is 2.57 bits per heavy atom. The van der Waals surface area contributed by atoms with Crippen LogP contribution in [0.2, 0.25) is 0 Å². The first-order valence-corrected chi connectivity index (χ1v) is 5.09. The van der Waals surface area contributed by atoms with Gasteiger partial charge in [-0.05, 0) is 31.6 Å². The van der Waals surface area contributed by atoms with Crippen LogP contribution in [0.1, 0.15) is 26.7 Å². The van der Waals surface area contributed by atoms with Crippen LogP contribution >= 0.6 is 0 Å². The highest BCUT2D eigenvalue weighted by molar-refractivity contribution is 5.73. The summed E-state index contributed by atoms with van der Waals surface area (Å²) in [5.41, 5.74) is 0.983. The third-order valence-corrected chi connectivity index (χ3v) is 2.93. The molecule has 0 aromatic heterocycles. The van der Waals surface area contributed by atoms with E-state index in [4.69, 9.17) is 5.11 Å². The summed E-state index contributed by atoms with van der Waals surface area (Å²) in [7, 11) is 0. The van der Waals surface area contributed by atoms with Crippen LogP contribution in [0.15, 0.2) is 24.3 Å². The van der Waals surface area contributed by atoms with E-state index in [-0.39, 0.29) is 11.8 Å². The van der Waals surface area contributed by atoms with Crippen LogP contribution in [-0.4, -0.2) is 11.1 Å². The maximum absolute atomic E-state index is 11.0. The van der Waals surface area contributed by atoms with Gasteiger partial charge in [-0.3, -0.25) is 4.79 Å². The Morgan fingerprint density at radius 2 is 2.07 bits per heavy atom. The van der Waals surface area contributed by atoms with Crippen LogP contribution in [0.5, 0.6) is 0 Å². The Labute approximate surface area is 85.3 Å². The van der Waals surface area contributed by atoms with Gasteiger partial charge in [0, 0.05) is 0 Å². The van der Waals surface area contributed by atoms with Gasteiger partial charge in [-0.15, -0.1) is 0 Å². The Balaban J connectivity index is 2.87. The fourth-order valence-corrected chi connectivity index (χ4v) is 1.97. The molecule has 0 amide bonds. The third-order valence-electron chi connectivity index (χ3n) is 2.93. The van der Waals surface area contributed by atoms with Crippen LogP contribution in [0.25, 0.3) is 0 Å². The lowest BCUT2D eigenvalue weighted by atomic mass is 9.84.